The van der Waals surface area contributed by atoms with E-state index in [0.29, 0.717) is 26.2 Å². The Morgan fingerprint density at radius 3 is 2.82 bits per heavy atom. The Kier molecular flexibility index (Phi) is 5.88. The van der Waals surface area contributed by atoms with Crippen LogP contribution in [0.1, 0.15) is 26.2 Å². The number of carboxylic acids is 1. The second-order valence-corrected chi connectivity index (χ2v) is 4.65. The van der Waals surface area contributed by atoms with E-state index in [0.717, 1.165) is 25.9 Å². The Bertz CT molecular complexity index is 247. The Hall–Kier alpha value is -0.650. The Morgan fingerprint density at radius 2 is 2.24 bits per heavy atom. The molecule has 0 amide bonds. The fraction of sp³-hybridized carbons (Fsp3) is 0.917. The predicted molar refractivity (Wildman–Crippen MR) is 63.9 cm³/mol. The van der Waals surface area contributed by atoms with Crippen LogP contribution >= 0.6 is 0 Å². The Labute approximate surface area is 102 Å². The SMILES string of the molecule is CCC1(C(=O)O)CCCN(CCOCCO)C1. The molecule has 1 fully saturated rings. The molecule has 0 saturated carbocycles. The zero-order chi connectivity index (χ0) is 12.7. The van der Waals surface area contributed by atoms with Gasteiger partial charge in [-0.2, -0.15) is 0 Å². The molecule has 5 nitrogen and oxygen atoms in total. The van der Waals surface area contributed by atoms with Gasteiger partial charge in [-0.25, -0.2) is 0 Å². The van der Waals surface area contributed by atoms with Crippen LogP contribution in [0.2, 0.25) is 0 Å². The first kappa shape index (κ1) is 14.4. The van der Waals surface area contributed by atoms with Crippen molar-refractivity contribution in [2.75, 3.05) is 39.5 Å². The number of piperidine rings is 1. The van der Waals surface area contributed by atoms with Crippen molar-refractivity contribution in [2.45, 2.75) is 26.2 Å². The summed E-state index contributed by atoms with van der Waals surface area (Å²) in [7, 11) is 0. The van der Waals surface area contributed by atoms with Crippen molar-refractivity contribution < 1.29 is 19.7 Å². The number of likely N-dealkylation sites (tertiary alicyclic amines) is 1. The number of aliphatic hydroxyl groups excluding tert-OH is 1. The van der Waals surface area contributed by atoms with Crippen molar-refractivity contribution in [3.8, 4) is 0 Å². The number of ether oxygens (including phenoxy) is 1. The van der Waals surface area contributed by atoms with Crippen LogP contribution in [-0.2, 0) is 9.53 Å². The van der Waals surface area contributed by atoms with Crippen molar-refractivity contribution in [2.24, 2.45) is 5.41 Å². The van der Waals surface area contributed by atoms with Crippen LogP contribution in [0, 0.1) is 5.41 Å². The van der Waals surface area contributed by atoms with Gasteiger partial charge in [-0.3, -0.25) is 9.69 Å². The molecule has 0 aromatic heterocycles. The second kappa shape index (κ2) is 6.93. The van der Waals surface area contributed by atoms with E-state index in [1.54, 1.807) is 0 Å². The fourth-order valence-corrected chi connectivity index (χ4v) is 2.39. The lowest BCUT2D eigenvalue weighted by molar-refractivity contribution is -0.153. The van der Waals surface area contributed by atoms with Gasteiger partial charge in [0.25, 0.3) is 0 Å². The highest BCUT2D eigenvalue weighted by atomic mass is 16.5. The molecule has 1 heterocycles. The fourth-order valence-electron chi connectivity index (χ4n) is 2.39. The van der Waals surface area contributed by atoms with Gasteiger partial charge in [0.15, 0.2) is 0 Å². The number of hydrogen-bond acceptors (Lipinski definition) is 4. The number of rotatable bonds is 7. The summed E-state index contributed by atoms with van der Waals surface area (Å²) in [5.74, 6) is -0.680. The lowest BCUT2D eigenvalue weighted by Crippen LogP contribution is -2.48. The van der Waals surface area contributed by atoms with E-state index < -0.39 is 11.4 Å². The molecule has 1 aliphatic rings. The summed E-state index contributed by atoms with van der Waals surface area (Å²) in [5, 5.41) is 17.9. The summed E-state index contributed by atoms with van der Waals surface area (Å²) in [6.45, 7) is 5.19. The van der Waals surface area contributed by atoms with E-state index in [2.05, 4.69) is 4.90 Å². The molecule has 0 bridgehead atoms. The zero-order valence-electron chi connectivity index (χ0n) is 10.5. The van der Waals surface area contributed by atoms with Gasteiger partial charge in [0.05, 0.1) is 25.2 Å². The highest BCUT2D eigenvalue weighted by Crippen LogP contribution is 2.33. The average molecular weight is 245 g/mol. The number of nitrogens with zero attached hydrogens (tertiary/aromatic N) is 1. The molecule has 5 heteroatoms. The number of aliphatic carboxylic acids is 1. The van der Waals surface area contributed by atoms with Crippen LogP contribution in [0.25, 0.3) is 0 Å². The third-order valence-corrected chi connectivity index (χ3v) is 3.57. The maximum atomic E-state index is 11.3. The summed E-state index contributed by atoms with van der Waals surface area (Å²) in [6, 6.07) is 0. The topological polar surface area (TPSA) is 70.0 Å². The third-order valence-electron chi connectivity index (χ3n) is 3.57. The van der Waals surface area contributed by atoms with Gasteiger partial charge < -0.3 is 14.9 Å². The molecule has 0 aromatic carbocycles. The molecule has 1 rings (SSSR count). The predicted octanol–water partition coefficient (Wildman–Crippen LogP) is 0.572. The summed E-state index contributed by atoms with van der Waals surface area (Å²) >= 11 is 0. The van der Waals surface area contributed by atoms with E-state index in [-0.39, 0.29) is 6.61 Å². The number of hydrogen-bond donors (Lipinski definition) is 2. The number of aliphatic hydroxyl groups is 1. The monoisotopic (exact) mass is 245 g/mol. The van der Waals surface area contributed by atoms with Crippen molar-refractivity contribution >= 4 is 5.97 Å². The molecule has 0 aliphatic carbocycles. The molecule has 0 spiro atoms. The molecule has 1 saturated heterocycles. The van der Waals surface area contributed by atoms with Crippen molar-refractivity contribution in [3.63, 3.8) is 0 Å². The van der Waals surface area contributed by atoms with Gasteiger partial charge in [0, 0.05) is 13.1 Å². The lowest BCUT2D eigenvalue weighted by Gasteiger charge is -2.39. The number of carbonyl (C=O) groups is 1. The van der Waals surface area contributed by atoms with Gasteiger partial charge in [-0.15, -0.1) is 0 Å². The molecule has 0 radical (unpaired) electrons. The van der Waals surface area contributed by atoms with Gasteiger partial charge in [-0.05, 0) is 25.8 Å². The third kappa shape index (κ3) is 3.94. The second-order valence-electron chi connectivity index (χ2n) is 4.65. The first-order valence-corrected chi connectivity index (χ1v) is 6.29. The van der Waals surface area contributed by atoms with Crippen LogP contribution in [0.5, 0.6) is 0 Å². The molecule has 100 valence electrons. The summed E-state index contributed by atoms with van der Waals surface area (Å²) in [5.41, 5.74) is -0.574. The maximum absolute atomic E-state index is 11.3. The van der Waals surface area contributed by atoms with Gasteiger partial charge in [0.2, 0.25) is 0 Å². The number of carboxylic acid groups (broad SMARTS) is 1. The molecule has 2 N–H and O–H groups in total. The summed E-state index contributed by atoms with van der Waals surface area (Å²) in [6.07, 6.45) is 2.38. The summed E-state index contributed by atoms with van der Waals surface area (Å²) < 4.78 is 5.21. The molecule has 1 aliphatic heterocycles. The van der Waals surface area contributed by atoms with Crippen molar-refractivity contribution in [3.05, 3.63) is 0 Å². The Morgan fingerprint density at radius 1 is 1.47 bits per heavy atom. The molecular formula is C12H23NO4. The largest absolute Gasteiger partial charge is 0.481 e. The van der Waals surface area contributed by atoms with Gasteiger partial charge in [0.1, 0.15) is 0 Å². The highest BCUT2D eigenvalue weighted by Gasteiger charge is 2.40. The minimum Gasteiger partial charge on any atom is -0.481 e. The smallest absolute Gasteiger partial charge is 0.310 e. The van der Waals surface area contributed by atoms with Crippen molar-refractivity contribution in [1.29, 1.82) is 0 Å². The molecular weight excluding hydrogens is 222 g/mol. The molecule has 17 heavy (non-hydrogen) atoms. The normalized spacial score (nSPS) is 26.0. The van der Waals surface area contributed by atoms with Crippen molar-refractivity contribution in [1.82, 2.24) is 4.90 Å². The summed E-state index contributed by atoms with van der Waals surface area (Å²) in [4.78, 5) is 13.5. The quantitative estimate of drug-likeness (QED) is 0.642. The average Bonchev–Trinajstić information content (AvgIpc) is 2.34. The van der Waals surface area contributed by atoms with E-state index in [9.17, 15) is 9.90 Å². The minimum absolute atomic E-state index is 0.0357. The van der Waals surface area contributed by atoms with Gasteiger partial charge >= 0.3 is 5.97 Å². The van der Waals surface area contributed by atoms with Crippen LogP contribution in [-0.4, -0.2) is 60.5 Å². The first-order valence-electron chi connectivity index (χ1n) is 6.29. The highest BCUT2D eigenvalue weighted by molar-refractivity contribution is 5.75. The van der Waals surface area contributed by atoms with Crippen LogP contribution in [0.15, 0.2) is 0 Å². The lowest BCUT2D eigenvalue weighted by atomic mass is 9.78. The zero-order valence-corrected chi connectivity index (χ0v) is 10.5. The molecule has 1 unspecified atom stereocenters. The van der Waals surface area contributed by atoms with E-state index >= 15 is 0 Å². The van der Waals surface area contributed by atoms with Crippen LogP contribution < -0.4 is 0 Å². The van der Waals surface area contributed by atoms with E-state index in [1.807, 2.05) is 6.92 Å². The maximum Gasteiger partial charge on any atom is 0.310 e. The molecule has 1 atom stereocenters. The first-order chi connectivity index (χ1) is 8.14. The van der Waals surface area contributed by atoms with E-state index in [4.69, 9.17) is 9.84 Å². The Balaban J connectivity index is 2.40. The van der Waals surface area contributed by atoms with E-state index in [1.165, 1.54) is 0 Å². The standard InChI is InChI=1S/C12H23NO4/c1-2-12(11(15)16)4-3-5-13(10-12)6-8-17-9-7-14/h14H,2-10H2,1H3,(H,15,16). The minimum atomic E-state index is -0.680. The van der Waals surface area contributed by atoms with Crippen LogP contribution in [0.4, 0.5) is 0 Å². The molecule has 0 aromatic rings. The van der Waals surface area contributed by atoms with Crippen LogP contribution in [0.3, 0.4) is 0 Å². The van der Waals surface area contributed by atoms with Gasteiger partial charge in [-0.1, -0.05) is 6.92 Å².